The molecule has 0 aliphatic rings. The fraction of sp³-hybridized carbons (Fsp3) is 0.625. The molecule has 1 heterocycles. The van der Waals surface area contributed by atoms with Crippen LogP contribution in [0.2, 0.25) is 0 Å². The van der Waals surface area contributed by atoms with Crippen LogP contribution in [0.5, 0.6) is 0 Å². The summed E-state index contributed by atoms with van der Waals surface area (Å²) in [6.07, 6.45) is 4.87. The topological polar surface area (TPSA) is 26.0 Å². The summed E-state index contributed by atoms with van der Waals surface area (Å²) in [4.78, 5) is 3.83. The van der Waals surface area contributed by atoms with Gasteiger partial charge in [0, 0.05) is 6.42 Å². The number of halogens is 1. The van der Waals surface area contributed by atoms with Gasteiger partial charge in [0.1, 0.15) is 5.67 Å². The van der Waals surface area contributed by atoms with Crippen LogP contribution in [0.1, 0.15) is 26.2 Å². The third-order valence-electron chi connectivity index (χ3n) is 1.37. The van der Waals surface area contributed by atoms with Crippen LogP contribution in [0.25, 0.3) is 0 Å². The van der Waals surface area contributed by atoms with Gasteiger partial charge in [-0.1, -0.05) is 0 Å². The van der Waals surface area contributed by atoms with Crippen LogP contribution >= 0.6 is 0 Å². The van der Waals surface area contributed by atoms with Crippen molar-refractivity contribution in [3.8, 4) is 0 Å². The predicted molar refractivity (Wildman–Crippen MR) is 38.8 cm³/mol. The molecule has 61 valence electrons. The Bertz CT molecular complexity index is 200. The van der Waals surface area contributed by atoms with Gasteiger partial charge in [-0.2, -0.15) is 0 Å². The summed E-state index contributed by atoms with van der Waals surface area (Å²) in [5.74, 6) is 0.552. The normalized spacial score (nSPS) is 11.9. The Morgan fingerprint density at radius 3 is 2.91 bits per heavy atom. The number of nitrogens with zero attached hydrogens (tertiary/aromatic N) is 1. The average molecular weight is 156 g/mol. The third kappa shape index (κ3) is 3.16. The SMILES string of the molecule is CC(C)(F)CCc1nc[c]o1. The van der Waals surface area contributed by atoms with Gasteiger partial charge >= 0.3 is 0 Å². The molecule has 0 fully saturated rings. The second-order valence-corrected chi connectivity index (χ2v) is 3.09. The molecule has 0 aliphatic heterocycles. The molecule has 1 radical (unpaired) electrons. The molecule has 0 N–H and O–H groups in total. The van der Waals surface area contributed by atoms with E-state index in [2.05, 4.69) is 11.2 Å². The highest BCUT2D eigenvalue weighted by Gasteiger charge is 2.15. The molecule has 2 nitrogen and oxygen atoms in total. The Morgan fingerprint density at radius 1 is 1.73 bits per heavy atom. The first-order chi connectivity index (χ1) is 5.08. The number of aromatic nitrogens is 1. The van der Waals surface area contributed by atoms with Gasteiger partial charge in [-0.25, -0.2) is 9.37 Å². The van der Waals surface area contributed by atoms with Crippen molar-refractivity contribution < 1.29 is 8.81 Å². The fourth-order valence-electron chi connectivity index (χ4n) is 0.739. The molecule has 0 unspecified atom stereocenters. The van der Waals surface area contributed by atoms with Crippen molar-refractivity contribution in [2.24, 2.45) is 0 Å². The van der Waals surface area contributed by atoms with Gasteiger partial charge < -0.3 is 4.42 Å². The Kier molecular flexibility index (Phi) is 2.27. The fourth-order valence-corrected chi connectivity index (χ4v) is 0.739. The minimum Gasteiger partial charge on any atom is -0.437 e. The summed E-state index contributed by atoms with van der Waals surface area (Å²) >= 11 is 0. The lowest BCUT2D eigenvalue weighted by atomic mass is 10.1. The summed E-state index contributed by atoms with van der Waals surface area (Å²) in [7, 11) is 0. The van der Waals surface area contributed by atoms with Crippen LogP contribution in [0.15, 0.2) is 10.6 Å². The van der Waals surface area contributed by atoms with E-state index in [4.69, 9.17) is 4.42 Å². The standard InChI is InChI=1S/C8H11FNO/c1-8(2,9)4-3-7-10-5-6-11-7/h5H,3-4H2,1-2H3. The van der Waals surface area contributed by atoms with E-state index in [0.29, 0.717) is 18.7 Å². The molecule has 1 aromatic heterocycles. The van der Waals surface area contributed by atoms with E-state index < -0.39 is 5.67 Å². The first-order valence-electron chi connectivity index (χ1n) is 3.57. The Morgan fingerprint density at radius 2 is 2.45 bits per heavy atom. The minimum absolute atomic E-state index is 0.432. The zero-order valence-electron chi connectivity index (χ0n) is 6.72. The lowest BCUT2D eigenvalue weighted by Gasteiger charge is -2.11. The van der Waals surface area contributed by atoms with Crippen LogP contribution < -0.4 is 0 Å². The number of hydrogen-bond acceptors (Lipinski definition) is 2. The average Bonchev–Trinajstić information content (AvgIpc) is 2.32. The molecule has 3 heteroatoms. The van der Waals surface area contributed by atoms with E-state index in [-0.39, 0.29) is 0 Å². The lowest BCUT2D eigenvalue weighted by molar-refractivity contribution is 0.197. The first-order valence-corrected chi connectivity index (χ1v) is 3.57. The van der Waals surface area contributed by atoms with Gasteiger partial charge in [-0.15, -0.1) is 0 Å². The van der Waals surface area contributed by atoms with Crippen molar-refractivity contribution in [3.05, 3.63) is 18.4 Å². The number of rotatable bonds is 3. The van der Waals surface area contributed by atoms with Gasteiger partial charge in [-0.3, -0.25) is 0 Å². The maximum Gasteiger partial charge on any atom is 0.195 e. The summed E-state index contributed by atoms with van der Waals surface area (Å²) in [6, 6.07) is 0. The Labute approximate surface area is 65.4 Å². The number of alkyl halides is 1. The molecule has 0 spiro atoms. The number of hydrogen-bond donors (Lipinski definition) is 0. The molecule has 0 amide bonds. The van der Waals surface area contributed by atoms with Gasteiger partial charge in [-0.05, 0) is 20.3 Å². The predicted octanol–water partition coefficient (Wildman–Crippen LogP) is 2.16. The van der Waals surface area contributed by atoms with E-state index in [1.54, 1.807) is 13.8 Å². The zero-order chi connectivity index (χ0) is 8.32. The quantitative estimate of drug-likeness (QED) is 0.670. The van der Waals surface area contributed by atoms with Crippen molar-refractivity contribution >= 4 is 0 Å². The van der Waals surface area contributed by atoms with E-state index in [0.717, 1.165) is 0 Å². The smallest absolute Gasteiger partial charge is 0.195 e. The van der Waals surface area contributed by atoms with Gasteiger partial charge in [0.15, 0.2) is 12.2 Å². The molecule has 0 bridgehead atoms. The van der Waals surface area contributed by atoms with Crippen LogP contribution in [0.4, 0.5) is 4.39 Å². The van der Waals surface area contributed by atoms with Crippen molar-refractivity contribution in [2.75, 3.05) is 0 Å². The molecule has 0 saturated carbocycles. The van der Waals surface area contributed by atoms with Crippen molar-refractivity contribution in [1.82, 2.24) is 4.98 Å². The molecular formula is C8H11FNO. The molecule has 1 aromatic rings. The summed E-state index contributed by atoms with van der Waals surface area (Å²) < 4.78 is 17.7. The highest BCUT2D eigenvalue weighted by atomic mass is 19.1. The molecule has 0 aliphatic carbocycles. The molecular weight excluding hydrogens is 145 g/mol. The van der Waals surface area contributed by atoms with Crippen LogP contribution in [0.3, 0.4) is 0 Å². The van der Waals surface area contributed by atoms with E-state index >= 15 is 0 Å². The van der Waals surface area contributed by atoms with E-state index in [9.17, 15) is 4.39 Å². The van der Waals surface area contributed by atoms with E-state index in [1.807, 2.05) is 0 Å². The molecule has 0 aromatic carbocycles. The minimum atomic E-state index is -1.14. The Hall–Kier alpha value is -0.860. The summed E-state index contributed by atoms with van der Waals surface area (Å²) in [5, 5.41) is 0. The lowest BCUT2D eigenvalue weighted by Crippen LogP contribution is -2.12. The highest BCUT2D eigenvalue weighted by molar-refractivity contribution is 4.81. The van der Waals surface area contributed by atoms with Crippen LogP contribution in [-0.4, -0.2) is 10.7 Å². The van der Waals surface area contributed by atoms with Crippen molar-refractivity contribution in [3.63, 3.8) is 0 Å². The van der Waals surface area contributed by atoms with Gasteiger partial charge in [0.2, 0.25) is 0 Å². The number of aryl methyl sites for hydroxylation is 1. The highest BCUT2D eigenvalue weighted by Crippen LogP contribution is 2.16. The molecule has 0 atom stereocenters. The first kappa shape index (κ1) is 8.24. The van der Waals surface area contributed by atoms with Crippen LogP contribution in [-0.2, 0) is 6.42 Å². The maximum absolute atomic E-state index is 12.9. The van der Waals surface area contributed by atoms with E-state index in [1.165, 1.54) is 6.20 Å². The Balaban J connectivity index is 2.35. The zero-order valence-corrected chi connectivity index (χ0v) is 6.72. The monoisotopic (exact) mass is 156 g/mol. The van der Waals surface area contributed by atoms with Gasteiger partial charge in [0.25, 0.3) is 0 Å². The van der Waals surface area contributed by atoms with Crippen LogP contribution in [0, 0.1) is 6.26 Å². The summed E-state index contributed by atoms with van der Waals surface area (Å²) in [6.45, 7) is 3.08. The second kappa shape index (κ2) is 3.03. The summed E-state index contributed by atoms with van der Waals surface area (Å²) in [5.41, 5.74) is -1.14. The second-order valence-electron chi connectivity index (χ2n) is 3.09. The molecule has 1 rings (SSSR count). The molecule has 0 saturated heterocycles. The molecule has 11 heavy (non-hydrogen) atoms. The number of oxazole rings is 1. The van der Waals surface area contributed by atoms with Gasteiger partial charge in [0.05, 0.1) is 6.20 Å². The maximum atomic E-state index is 12.9. The van der Waals surface area contributed by atoms with Crippen molar-refractivity contribution in [1.29, 1.82) is 0 Å². The third-order valence-corrected chi connectivity index (χ3v) is 1.37. The largest absolute Gasteiger partial charge is 0.437 e. The van der Waals surface area contributed by atoms with Crippen molar-refractivity contribution in [2.45, 2.75) is 32.4 Å².